The monoisotopic (exact) mass is 320 g/mol. The standard InChI is InChI=1S/C18H28N2O3/c1-14(2)19-9-11-20(12-10-19)18(21)8-6-15-5-7-16(22-3)17(13-15)23-4/h5,7,13-14H,6,8-12H2,1-4H3. The number of ether oxygens (including phenoxy) is 2. The van der Waals surface area contributed by atoms with Crippen LogP contribution in [-0.4, -0.2) is 62.1 Å². The number of hydrogen-bond acceptors (Lipinski definition) is 4. The van der Waals surface area contributed by atoms with Gasteiger partial charge in [-0.15, -0.1) is 0 Å². The van der Waals surface area contributed by atoms with Crippen LogP contribution in [0.3, 0.4) is 0 Å². The molecule has 1 fully saturated rings. The van der Waals surface area contributed by atoms with Crippen LogP contribution >= 0.6 is 0 Å². The summed E-state index contributed by atoms with van der Waals surface area (Å²) in [5, 5.41) is 0. The van der Waals surface area contributed by atoms with Gasteiger partial charge in [-0.2, -0.15) is 0 Å². The highest BCUT2D eigenvalue weighted by Gasteiger charge is 2.22. The zero-order chi connectivity index (χ0) is 16.8. The Morgan fingerprint density at radius 3 is 2.30 bits per heavy atom. The van der Waals surface area contributed by atoms with Gasteiger partial charge in [0.15, 0.2) is 11.5 Å². The van der Waals surface area contributed by atoms with Crippen LogP contribution in [0.5, 0.6) is 11.5 Å². The van der Waals surface area contributed by atoms with Gasteiger partial charge in [-0.25, -0.2) is 0 Å². The second-order valence-corrected chi connectivity index (χ2v) is 6.20. The van der Waals surface area contributed by atoms with Gasteiger partial charge in [0, 0.05) is 38.6 Å². The molecule has 5 nitrogen and oxygen atoms in total. The average molecular weight is 320 g/mol. The summed E-state index contributed by atoms with van der Waals surface area (Å²) >= 11 is 0. The number of nitrogens with zero attached hydrogens (tertiary/aromatic N) is 2. The van der Waals surface area contributed by atoms with Crippen molar-refractivity contribution in [1.82, 2.24) is 9.80 Å². The minimum atomic E-state index is 0.239. The van der Waals surface area contributed by atoms with Gasteiger partial charge in [-0.1, -0.05) is 6.07 Å². The highest BCUT2D eigenvalue weighted by Crippen LogP contribution is 2.28. The molecule has 1 aromatic rings. The number of hydrogen-bond donors (Lipinski definition) is 0. The van der Waals surface area contributed by atoms with Gasteiger partial charge in [-0.3, -0.25) is 9.69 Å². The first-order chi connectivity index (χ1) is 11.0. The van der Waals surface area contributed by atoms with Crippen molar-refractivity contribution in [3.8, 4) is 11.5 Å². The van der Waals surface area contributed by atoms with E-state index in [-0.39, 0.29) is 5.91 Å². The third-order valence-electron chi connectivity index (χ3n) is 4.47. The Bertz CT molecular complexity index is 523. The topological polar surface area (TPSA) is 42.0 Å². The molecule has 0 saturated carbocycles. The number of amides is 1. The summed E-state index contributed by atoms with van der Waals surface area (Å²) in [6, 6.07) is 6.38. The normalized spacial score (nSPS) is 15.8. The van der Waals surface area contributed by atoms with Gasteiger partial charge in [0.05, 0.1) is 14.2 Å². The molecule has 0 aromatic heterocycles. The first-order valence-electron chi connectivity index (χ1n) is 8.28. The predicted octanol–water partition coefficient (Wildman–Crippen LogP) is 2.19. The van der Waals surface area contributed by atoms with Gasteiger partial charge >= 0.3 is 0 Å². The number of methoxy groups -OCH3 is 2. The molecule has 1 aromatic carbocycles. The Hall–Kier alpha value is -1.75. The van der Waals surface area contributed by atoms with Crippen molar-refractivity contribution in [2.75, 3.05) is 40.4 Å². The van der Waals surface area contributed by atoms with E-state index in [1.54, 1.807) is 14.2 Å². The van der Waals surface area contributed by atoms with Gasteiger partial charge in [0.25, 0.3) is 0 Å². The summed E-state index contributed by atoms with van der Waals surface area (Å²) in [6.07, 6.45) is 1.26. The van der Waals surface area contributed by atoms with Crippen molar-refractivity contribution < 1.29 is 14.3 Å². The lowest BCUT2D eigenvalue weighted by Gasteiger charge is -2.37. The average Bonchev–Trinajstić information content (AvgIpc) is 2.59. The maximum absolute atomic E-state index is 12.4. The molecule has 1 aliphatic heterocycles. The van der Waals surface area contributed by atoms with Gasteiger partial charge < -0.3 is 14.4 Å². The maximum atomic E-state index is 12.4. The molecule has 1 aliphatic rings. The zero-order valence-electron chi connectivity index (χ0n) is 14.7. The Morgan fingerprint density at radius 1 is 1.09 bits per heavy atom. The van der Waals surface area contributed by atoms with E-state index in [9.17, 15) is 4.79 Å². The second kappa shape index (κ2) is 8.20. The molecule has 0 radical (unpaired) electrons. The summed E-state index contributed by atoms with van der Waals surface area (Å²) < 4.78 is 10.5. The lowest BCUT2D eigenvalue weighted by atomic mass is 10.1. The second-order valence-electron chi connectivity index (χ2n) is 6.20. The number of benzene rings is 1. The molecule has 1 amide bonds. The van der Waals surface area contributed by atoms with Crippen LogP contribution in [0.4, 0.5) is 0 Å². The number of rotatable bonds is 6. The quantitative estimate of drug-likeness (QED) is 0.806. The van der Waals surface area contributed by atoms with E-state index < -0.39 is 0 Å². The van der Waals surface area contributed by atoms with Crippen molar-refractivity contribution in [3.63, 3.8) is 0 Å². The Kier molecular flexibility index (Phi) is 6.28. The Balaban J connectivity index is 1.85. The smallest absolute Gasteiger partial charge is 0.222 e. The van der Waals surface area contributed by atoms with Crippen LogP contribution in [0.15, 0.2) is 18.2 Å². The summed E-state index contributed by atoms with van der Waals surface area (Å²) in [5.41, 5.74) is 1.09. The van der Waals surface area contributed by atoms with Crippen LogP contribution in [0.1, 0.15) is 25.8 Å². The molecule has 0 aliphatic carbocycles. The van der Waals surface area contributed by atoms with Crippen LogP contribution in [0.25, 0.3) is 0 Å². The summed E-state index contributed by atoms with van der Waals surface area (Å²) in [7, 11) is 3.25. The molecule has 0 unspecified atom stereocenters. The van der Waals surface area contributed by atoms with Crippen LogP contribution in [0, 0.1) is 0 Å². The molecule has 1 heterocycles. The predicted molar refractivity (Wildman–Crippen MR) is 91.2 cm³/mol. The maximum Gasteiger partial charge on any atom is 0.222 e. The molecular formula is C18H28N2O3. The third kappa shape index (κ3) is 4.61. The zero-order valence-corrected chi connectivity index (χ0v) is 14.7. The molecule has 0 N–H and O–H groups in total. The third-order valence-corrected chi connectivity index (χ3v) is 4.47. The first-order valence-corrected chi connectivity index (χ1v) is 8.28. The van der Waals surface area contributed by atoms with Crippen LogP contribution in [-0.2, 0) is 11.2 Å². The SMILES string of the molecule is COc1ccc(CCC(=O)N2CCN(C(C)C)CC2)cc1OC. The van der Waals surface area contributed by atoms with Crippen LogP contribution in [0.2, 0.25) is 0 Å². The minimum Gasteiger partial charge on any atom is -0.493 e. The van der Waals surface area contributed by atoms with E-state index in [0.29, 0.717) is 24.0 Å². The van der Waals surface area contributed by atoms with Crippen LogP contribution < -0.4 is 9.47 Å². The van der Waals surface area contributed by atoms with Gasteiger partial charge in [0.2, 0.25) is 5.91 Å². The van der Waals surface area contributed by atoms with E-state index in [0.717, 1.165) is 38.2 Å². The number of piperazine rings is 1. The lowest BCUT2D eigenvalue weighted by Crippen LogP contribution is -2.50. The van der Waals surface area contributed by atoms with Crippen molar-refractivity contribution in [3.05, 3.63) is 23.8 Å². The first kappa shape index (κ1) is 17.6. The lowest BCUT2D eigenvalue weighted by molar-refractivity contribution is -0.133. The van der Waals surface area contributed by atoms with E-state index in [1.807, 2.05) is 23.1 Å². The molecule has 128 valence electrons. The molecule has 0 atom stereocenters. The summed E-state index contributed by atoms with van der Waals surface area (Å²) in [5.74, 6) is 1.67. The molecule has 0 spiro atoms. The van der Waals surface area contributed by atoms with E-state index >= 15 is 0 Å². The fourth-order valence-corrected chi connectivity index (χ4v) is 2.93. The highest BCUT2D eigenvalue weighted by molar-refractivity contribution is 5.76. The number of aryl methyl sites for hydroxylation is 1. The molecule has 1 saturated heterocycles. The highest BCUT2D eigenvalue weighted by atomic mass is 16.5. The molecule has 2 rings (SSSR count). The molecule has 0 bridgehead atoms. The Labute approximate surface area is 139 Å². The van der Waals surface area contributed by atoms with Gasteiger partial charge in [0.1, 0.15) is 0 Å². The summed E-state index contributed by atoms with van der Waals surface area (Å²) in [4.78, 5) is 16.8. The van der Waals surface area contributed by atoms with Crippen molar-refractivity contribution in [2.24, 2.45) is 0 Å². The largest absolute Gasteiger partial charge is 0.493 e. The van der Waals surface area contributed by atoms with E-state index in [4.69, 9.17) is 9.47 Å². The summed E-state index contributed by atoms with van der Waals surface area (Å²) in [6.45, 7) is 8.02. The number of carbonyl (C=O) groups excluding carboxylic acids is 1. The van der Waals surface area contributed by atoms with E-state index in [1.165, 1.54) is 0 Å². The molecular weight excluding hydrogens is 292 g/mol. The van der Waals surface area contributed by atoms with Gasteiger partial charge in [-0.05, 0) is 38.0 Å². The molecule has 23 heavy (non-hydrogen) atoms. The van der Waals surface area contributed by atoms with E-state index in [2.05, 4.69) is 18.7 Å². The van der Waals surface area contributed by atoms with Crippen molar-refractivity contribution in [1.29, 1.82) is 0 Å². The van der Waals surface area contributed by atoms with Crippen molar-refractivity contribution in [2.45, 2.75) is 32.7 Å². The molecule has 5 heteroatoms. The number of carbonyl (C=O) groups is 1. The fourth-order valence-electron chi connectivity index (χ4n) is 2.93. The fraction of sp³-hybridized carbons (Fsp3) is 0.611. The minimum absolute atomic E-state index is 0.239. The Morgan fingerprint density at radius 2 is 1.74 bits per heavy atom. The van der Waals surface area contributed by atoms with Crippen molar-refractivity contribution >= 4 is 5.91 Å².